The van der Waals surface area contributed by atoms with Gasteiger partial charge in [0, 0.05) is 55.6 Å². The molecule has 5 aromatic rings. The minimum absolute atomic E-state index is 0. The Bertz CT molecular complexity index is 2180. The molecule has 2 N–H and O–H groups in total. The quantitative estimate of drug-likeness (QED) is 0.132. The Hall–Kier alpha value is -5.38. The molecule has 8 rings (SSSR count). The van der Waals surface area contributed by atoms with Crippen LogP contribution in [0.1, 0.15) is 67.8 Å². The highest BCUT2D eigenvalue weighted by Crippen LogP contribution is 2.30. The number of amides is 2. The molecule has 0 spiro atoms. The van der Waals surface area contributed by atoms with Crippen LogP contribution in [0, 0.1) is 5.92 Å². The van der Waals surface area contributed by atoms with E-state index in [2.05, 4.69) is 51.6 Å². The number of rotatable bonds is 13. The van der Waals surface area contributed by atoms with Gasteiger partial charge in [0.05, 0.1) is 18.0 Å². The summed E-state index contributed by atoms with van der Waals surface area (Å²) >= 11 is 0. The number of carbonyl (C=O) groups excluding carboxylic acids is 4. The lowest BCUT2D eigenvalue weighted by Gasteiger charge is -2.28. The van der Waals surface area contributed by atoms with Crippen LogP contribution in [0.2, 0.25) is 0 Å². The minimum Gasteiger partial charge on any atom is -0.355 e. The van der Waals surface area contributed by atoms with Gasteiger partial charge in [-0.05, 0) is 91.7 Å². The maximum atomic E-state index is 13.6. The summed E-state index contributed by atoms with van der Waals surface area (Å²) in [6.07, 6.45) is 4.49. The number of fused-ring (bicyclic) bond motifs is 1. The number of Topliss-reactive ketones (excluding diaryl/α,β-unsaturated/α-hetero) is 2. The average Bonchev–Trinajstić information content (AvgIpc) is 4.06. The molecule has 296 valence electrons. The first kappa shape index (κ1) is 39.8. The highest BCUT2D eigenvalue weighted by atomic mass is 16.2. The van der Waals surface area contributed by atoms with Gasteiger partial charge in [-0.3, -0.25) is 24.1 Å². The topological polar surface area (TPSA) is 106 Å². The summed E-state index contributed by atoms with van der Waals surface area (Å²) in [5.41, 5.74) is 6.95. The molecule has 0 radical (unpaired) electrons. The summed E-state index contributed by atoms with van der Waals surface area (Å²) in [7, 11) is 1.78. The molecule has 1 aromatic heterocycles. The molecule has 0 bridgehead atoms. The molecule has 0 aliphatic carbocycles. The maximum absolute atomic E-state index is 13.6. The third-order valence-corrected chi connectivity index (χ3v) is 12.1. The van der Waals surface area contributed by atoms with Crippen LogP contribution in [-0.4, -0.2) is 88.4 Å². The fraction of sp³-hybridized carbons (Fsp3) is 0.375. The van der Waals surface area contributed by atoms with Crippen LogP contribution in [0.25, 0.3) is 22.2 Å². The third kappa shape index (κ3) is 8.80. The molecule has 2 amide bonds. The monoisotopic (exact) mass is 765 g/mol. The number of likely N-dealkylation sites (tertiary alicyclic amines) is 3. The average molecular weight is 766 g/mol. The van der Waals surface area contributed by atoms with E-state index in [1.165, 1.54) is 5.56 Å². The van der Waals surface area contributed by atoms with Crippen molar-refractivity contribution in [1.82, 2.24) is 25.0 Å². The van der Waals surface area contributed by atoms with Crippen molar-refractivity contribution in [2.75, 3.05) is 33.2 Å². The van der Waals surface area contributed by atoms with Crippen molar-refractivity contribution in [3.05, 3.63) is 131 Å². The second-order valence-electron chi connectivity index (χ2n) is 15.8. The second-order valence-corrected chi connectivity index (χ2v) is 15.8. The summed E-state index contributed by atoms with van der Waals surface area (Å²) in [4.78, 5) is 64.0. The number of nitrogens with zero attached hydrogens (tertiary/aromatic N) is 3. The van der Waals surface area contributed by atoms with Crippen LogP contribution < -0.4 is 5.32 Å². The summed E-state index contributed by atoms with van der Waals surface area (Å²) in [5.74, 6) is 0.197. The van der Waals surface area contributed by atoms with E-state index < -0.39 is 12.1 Å². The van der Waals surface area contributed by atoms with Crippen molar-refractivity contribution < 1.29 is 19.2 Å². The lowest BCUT2D eigenvalue weighted by atomic mass is 9.99. The number of ketones is 2. The van der Waals surface area contributed by atoms with E-state index in [1.807, 2.05) is 77.7 Å². The van der Waals surface area contributed by atoms with Gasteiger partial charge in [0.2, 0.25) is 11.8 Å². The van der Waals surface area contributed by atoms with Gasteiger partial charge in [-0.2, -0.15) is 0 Å². The molecule has 57 heavy (non-hydrogen) atoms. The largest absolute Gasteiger partial charge is 0.355 e. The minimum atomic E-state index is -0.485. The van der Waals surface area contributed by atoms with Gasteiger partial charge in [-0.15, -0.1) is 0 Å². The molecule has 3 aliphatic rings. The van der Waals surface area contributed by atoms with Gasteiger partial charge in [0.15, 0.2) is 11.6 Å². The molecule has 4 atom stereocenters. The third-order valence-electron chi connectivity index (χ3n) is 12.1. The van der Waals surface area contributed by atoms with Crippen molar-refractivity contribution >= 4 is 34.3 Å². The number of hydrogen-bond acceptors (Lipinski definition) is 6. The van der Waals surface area contributed by atoms with Crippen LogP contribution in [0.4, 0.5) is 0 Å². The standard InChI is InChI=1S/C47H51N5O4.CH4/c1-48-45(36-12-6-3-7-13-36)47(56)52-24-9-15-42(52)44(54)28-34-18-21-39-38(26-34)29-40(49-39)35-19-16-32(17-20-35)27-43(53)41-14-8-23-51(41)46(55)37-22-25-50(31-37)30-33-10-4-2-5-11-33;/h2-7,10-13,16-21,26,29,37,41-42,45,48-49H,8-9,14-15,22-25,27-28,30-31H2,1H3;1H4/t37?,41-,42-,45+;/m0./s1. The van der Waals surface area contributed by atoms with E-state index in [0.29, 0.717) is 25.9 Å². The molecule has 9 nitrogen and oxygen atoms in total. The number of benzene rings is 4. The van der Waals surface area contributed by atoms with Gasteiger partial charge in [-0.25, -0.2) is 0 Å². The zero-order valence-electron chi connectivity index (χ0n) is 32.2. The van der Waals surface area contributed by atoms with E-state index in [-0.39, 0.29) is 49.2 Å². The Balaban J connectivity index is 0.00000496. The molecule has 4 heterocycles. The van der Waals surface area contributed by atoms with Crippen LogP contribution in [0.3, 0.4) is 0 Å². The predicted octanol–water partition coefficient (Wildman–Crippen LogP) is 7.16. The van der Waals surface area contributed by atoms with Gasteiger partial charge < -0.3 is 20.1 Å². The Labute approximate surface area is 336 Å². The summed E-state index contributed by atoms with van der Waals surface area (Å²) in [6.45, 7) is 3.73. The van der Waals surface area contributed by atoms with Crippen molar-refractivity contribution in [3.63, 3.8) is 0 Å². The first-order valence-electron chi connectivity index (χ1n) is 20.2. The number of H-pyrrole nitrogens is 1. The summed E-state index contributed by atoms with van der Waals surface area (Å²) < 4.78 is 0. The number of nitrogens with one attached hydrogen (secondary N) is 2. The van der Waals surface area contributed by atoms with E-state index in [1.54, 1.807) is 11.9 Å². The summed E-state index contributed by atoms with van der Waals surface area (Å²) in [5, 5.41) is 4.16. The molecule has 3 fully saturated rings. The Morgan fingerprint density at radius 1 is 0.702 bits per heavy atom. The van der Waals surface area contributed by atoms with Gasteiger partial charge >= 0.3 is 0 Å². The number of carbonyl (C=O) groups is 4. The van der Waals surface area contributed by atoms with Crippen molar-refractivity contribution in [2.45, 2.75) is 77.0 Å². The smallest absolute Gasteiger partial charge is 0.244 e. The molecule has 3 aliphatic heterocycles. The van der Waals surface area contributed by atoms with Crippen molar-refractivity contribution in [1.29, 1.82) is 0 Å². The zero-order valence-corrected chi connectivity index (χ0v) is 32.2. The highest BCUT2D eigenvalue weighted by Gasteiger charge is 2.39. The van der Waals surface area contributed by atoms with Crippen LogP contribution >= 0.6 is 0 Å². The second kappa shape index (κ2) is 17.8. The Kier molecular flexibility index (Phi) is 12.5. The first-order valence-corrected chi connectivity index (χ1v) is 20.2. The summed E-state index contributed by atoms with van der Waals surface area (Å²) in [6, 6.07) is 35.0. The molecule has 1 unspecified atom stereocenters. The zero-order chi connectivity index (χ0) is 38.6. The Morgan fingerprint density at radius 3 is 2.04 bits per heavy atom. The number of aromatic nitrogens is 1. The predicted molar refractivity (Wildman–Crippen MR) is 225 cm³/mol. The van der Waals surface area contributed by atoms with Gasteiger partial charge in [0.25, 0.3) is 0 Å². The van der Waals surface area contributed by atoms with E-state index in [0.717, 1.165) is 84.2 Å². The molecule has 9 heteroatoms. The maximum Gasteiger partial charge on any atom is 0.244 e. The van der Waals surface area contributed by atoms with Crippen molar-refractivity contribution in [2.24, 2.45) is 5.92 Å². The first-order chi connectivity index (χ1) is 27.3. The molecule has 0 saturated carbocycles. The number of likely N-dealkylation sites (N-methyl/N-ethyl adjacent to an activating group) is 1. The highest BCUT2D eigenvalue weighted by molar-refractivity contribution is 5.94. The molecular formula is C48H55N5O4. The molecular weight excluding hydrogens is 711 g/mol. The fourth-order valence-electron chi connectivity index (χ4n) is 9.12. The Morgan fingerprint density at radius 2 is 1.33 bits per heavy atom. The lowest BCUT2D eigenvalue weighted by Crippen LogP contribution is -2.46. The van der Waals surface area contributed by atoms with Crippen molar-refractivity contribution in [3.8, 4) is 11.3 Å². The number of aromatic amines is 1. The van der Waals surface area contributed by atoms with Gasteiger partial charge in [-0.1, -0.05) is 98.4 Å². The van der Waals surface area contributed by atoms with E-state index in [9.17, 15) is 19.2 Å². The fourth-order valence-corrected chi connectivity index (χ4v) is 9.12. The lowest BCUT2D eigenvalue weighted by molar-refractivity contribution is -0.140. The normalized spacial score (nSPS) is 20.1. The number of hydrogen-bond donors (Lipinski definition) is 2. The van der Waals surface area contributed by atoms with Gasteiger partial charge in [0.1, 0.15) is 6.04 Å². The van der Waals surface area contributed by atoms with Crippen LogP contribution in [-0.2, 0) is 38.6 Å². The van der Waals surface area contributed by atoms with E-state index >= 15 is 0 Å². The molecule has 3 saturated heterocycles. The van der Waals surface area contributed by atoms with Crippen LogP contribution in [0.15, 0.2) is 109 Å². The van der Waals surface area contributed by atoms with Crippen LogP contribution in [0.5, 0.6) is 0 Å². The SMILES string of the molecule is C.CN[C@@H](C(=O)N1CCC[C@H]1C(=O)Cc1ccc2[nH]c(-c3ccc(CC(=O)[C@@H]4CCCN4C(=O)C4CCN(Cc5ccccc5)C4)cc3)cc2c1)c1ccccc1. The molecule has 4 aromatic carbocycles. The van der Waals surface area contributed by atoms with E-state index in [4.69, 9.17) is 0 Å².